The zero-order valence-corrected chi connectivity index (χ0v) is 6.15. The summed E-state index contributed by atoms with van der Waals surface area (Å²) < 4.78 is 0. The molecule has 0 radical (unpaired) electrons. The maximum Gasteiger partial charge on any atom is 0.229 e. The van der Waals surface area contributed by atoms with Crippen molar-refractivity contribution in [3.63, 3.8) is 0 Å². The van der Waals surface area contributed by atoms with Crippen LogP contribution < -0.4 is 11.1 Å². The number of rotatable bonds is 1. The Hall–Kier alpha value is -1.65. The van der Waals surface area contributed by atoms with Crippen LogP contribution in [0.2, 0.25) is 0 Å². The molecule has 0 bridgehead atoms. The first-order valence-corrected chi connectivity index (χ1v) is 3.09. The Balaban J connectivity index is 2.65. The minimum atomic E-state index is 0.302. The number of aromatic nitrogens is 2. The van der Waals surface area contributed by atoms with Gasteiger partial charge >= 0.3 is 0 Å². The second-order valence-corrected chi connectivity index (χ2v) is 1.81. The highest BCUT2D eigenvalue weighted by Crippen LogP contribution is 1.91. The molecule has 58 valence electrons. The fourth-order valence-corrected chi connectivity index (χ4v) is 0.534. The molecule has 0 saturated heterocycles. The lowest BCUT2D eigenvalue weighted by Crippen LogP contribution is -2.23. The van der Waals surface area contributed by atoms with Gasteiger partial charge in [-0.15, -0.1) is 0 Å². The minimum absolute atomic E-state index is 0.302. The van der Waals surface area contributed by atoms with Crippen LogP contribution in [0.25, 0.3) is 0 Å². The van der Waals surface area contributed by atoms with E-state index in [-0.39, 0.29) is 0 Å². The predicted molar refractivity (Wildman–Crippen MR) is 43.2 cm³/mol. The average molecular weight is 151 g/mol. The molecule has 0 aliphatic carbocycles. The van der Waals surface area contributed by atoms with Gasteiger partial charge in [0.05, 0.1) is 0 Å². The van der Waals surface area contributed by atoms with E-state index >= 15 is 0 Å². The van der Waals surface area contributed by atoms with Gasteiger partial charge in [0.25, 0.3) is 0 Å². The monoisotopic (exact) mass is 151 g/mol. The van der Waals surface area contributed by atoms with Gasteiger partial charge in [0, 0.05) is 19.4 Å². The molecule has 0 unspecified atom stereocenters. The van der Waals surface area contributed by atoms with E-state index in [1.165, 1.54) is 0 Å². The standard InChI is InChI=1S/C6H9N5/c1-8-5(7)11-6-9-3-2-4-10-6/h2-4H,1H3,(H3,7,8,9,10,11). The number of nitrogens with zero attached hydrogens (tertiary/aromatic N) is 3. The number of hydrogen-bond acceptors (Lipinski definition) is 3. The van der Waals surface area contributed by atoms with Gasteiger partial charge in [-0.1, -0.05) is 0 Å². The summed E-state index contributed by atoms with van der Waals surface area (Å²) in [6.07, 6.45) is 3.25. The molecule has 1 aromatic rings. The molecule has 0 aliphatic rings. The third kappa shape index (κ3) is 2.21. The van der Waals surface area contributed by atoms with Crippen LogP contribution in [0, 0.1) is 0 Å². The van der Waals surface area contributed by atoms with E-state index in [9.17, 15) is 0 Å². The van der Waals surface area contributed by atoms with Gasteiger partial charge in [0.1, 0.15) is 0 Å². The highest BCUT2D eigenvalue weighted by Gasteiger charge is 1.92. The topological polar surface area (TPSA) is 76.2 Å². The van der Waals surface area contributed by atoms with Crippen molar-refractivity contribution in [1.29, 1.82) is 0 Å². The molecule has 0 saturated carbocycles. The molecule has 0 fully saturated rings. The summed E-state index contributed by atoms with van der Waals surface area (Å²) in [7, 11) is 1.59. The first-order chi connectivity index (χ1) is 5.33. The molecule has 0 aliphatic heterocycles. The summed E-state index contributed by atoms with van der Waals surface area (Å²) in [6.45, 7) is 0. The Labute approximate surface area is 64.4 Å². The number of nitrogens with one attached hydrogen (secondary N) is 1. The highest BCUT2D eigenvalue weighted by atomic mass is 15.2. The Bertz CT molecular complexity index is 242. The average Bonchev–Trinajstić information content (AvgIpc) is 2.06. The van der Waals surface area contributed by atoms with Gasteiger partial charge in [-0.05, 0) is 6.07 Å². The van der Waals surface area contributed by atoms with Crippen LogP contribution in [0.4, 0.5) is 5.95 Å². The Morgan fingerprint density at radius 1 is 1.55 bits per heavy atom. The number of nitrogens with two attached hydrogens (primary N) is 1. The van der Waals surface area contributed by atoms with Crippen molar-refractivity contribution in [3.05, 3.63) is 18.5 Å². The molecule has 0 spiro atoms. The van der Waals surface area contributed by atoms with Crippen LogP contribution in [-0.4, -0.2) is 23.0 Å². The van der Waals surface area contributed by atoms with E-state index in [0.29, 0.717) is 11.9 Å². The number of aliphatic imine (C=N–C) groups is 1. The summed E-state index contributed by atoms with van der Waals surface area (Å²) in [5.41, 5.74) is 5.36. The molecule has 0 amide bonds. The molecule has 1 rings (SSSR count). The summed E-state index contributed by atoms with van der Waals surface area (Å²) >= 11 is 0. The minimum Gasteiger partial charge on any atom is -0.370 e. The van der Waals surface area contributed by atoms with Gasteiger partial charge in [-0.2, -0.15) is 0 Å². The first kappa shape index (κ1) is 7.46. The van der Waals surface area contributed by atoms with E-state index in [2.05, 4.69) is 20.3 Å². The lowest BCUT2D eigenvalue weighted by atomic mass is 10.7. The van der Waals surface area contributed by atoms with Crippen molar-refractivity contribution in [3.8, 4) is 0 Å². The number of guanidine groups is 1. The molecular weight excluding hydrogens is 142 g/mol. The summed E-state index contributed by atoms with van der Waals surface area (Å²) in [5, 5.41) is 2.70. The summed E-state index contributed by atoms with van der Waals surface area (Å²) in [5.74, 6) is 0.756. The lowest BCUT2D eigenvalue weighted by molar-refractivity contribution is 1.17. The second-order valence-electron chi connectivity index (χ2n) is 1.81. The normalized spacial score (nSPS) is 11.2. The van der Waals surface area contributed by atoms with Crippen LogP contribution in [0.15, 0.2) is 23.5 Å². The van der Waals surface area contributed by atoms with E-state index in [1.807, 2.05) is 0 Å². The molecule has 5 nitrogen and oxygen atoms in total. The second kappa shape index (κ2) is 3.50. The van der Waals surface area contributed by atoms with Crippen molar-refractivity contribution >= 4 is 11.9 Å². The molecule has 5 heteroatoms. The van der Waals surface area contributed by atoms with Crippen LogP contribution in [0.3, 0.4) is 0 Å². The fourth-order valence-electron chi connectivity index (χ4n) is 0.534. The van der Waals surface area contributed by atoms with Crippen LogP contribution in [0.1, 0.15) is 0 Å². The predicted octanol–water partition coefficient (Wildman–Crippen LogP) is -0.167. The summed E-state index contributed by atoms with van der Waals surface area (Å²) in [6, 6.07) is 1.73. The van der Waals surface area contributed by atoms with Crippen LogP contribution in [-0.2, 0) is 0 Å². The Morgan fingerprint density at radius 3 is 2.73 bits per heavy atom. The number of anilines is 1. The largest absolute Gasteiger partial charge is 0.370 e. The maximum absolute atomic E-state index is 5.36. The number of hydrogen-bond donors (Lipinski definition) is 2. The van der Waals surface area contributed by atoms with E-state index in [0.717, 1.165) is 0 Å². The zero-order valence-electron chi connectivity index (χ0n) is 6.15. The molecule has 0 atom stereocenters. The van der Waals surface area contributed by atoms with Crippen molar-refractivity contribution in [2.24, 2.45) is 10.7 Å². The molecule has 1 aromatic heterocycles. The third-order valence-electron chi connectivity index (χ3n) is 1.05. The van der Waals surface area contributed by atoms with E-state index < -0.39 is 0 Å². The van der Waals surface area contributed by atoms with Crippen molar-refractivity contribution in [2.45, 2.75) is 0 Å². The third-order valence-corrected chi connectivity index (χ3v) is 1.05. The lowest BCUT2D eigenvalue weighted by Gasteiger charge is -1.99. The van der Waals surface area contributed by atoms with Crippen molar-refractivity contribution < 1.29 is 0 Å². The summed E-state index contributed by atoms with van der Waals surface area (Å²) in [4.78, 5) is 11.5. The van der Waals surface area contributed by atoms with Crippen LogP contribution >= 0.6 is 0 Å². The fraction of sp³-hybridized carbons (Fsp3) is 0.167. The highest BCUT2D eigenvalue weighted by molar-refractivity contribution is 5.90. The molecule has 1 heterocycles. The molecule has 3 N–H and O–H groups in total. The Kier molecular flexibility index (Phi) is 2.37. The van der Waals surface area contributed by atoms with Gasteiger partial charge in [-0.25, -0.2) is 9.97 Å². The van der Waals surface area contributed by atoms with Crippen molar-refractivity contribution in [1.82, 2.24) is 9.97 Å². The maximum atomic E-state index is 5.36. The van der Waals surface area contributed by atoms with Crippen molar-refractivity contribution in [2.75, 3.05) is 12.4 Å². The van der Waals surface area contributed by atoms with E-state index in [1.54, 1.807) is 25.5 Å². The van der Waals surface area contributed by atoms with Gasteiger partial charge in [0.15, 0.2) is 5.96 Å². The van der Waals surface area contributed by atoms with Gasteiger partial charge in [0.2, 0.25) is 5.95 Å². The first-order valence-electron chi connectivity index (χ1n) is 3.09. The van der Waals surface area contributed by atoms with Crippen LogP contribution in [0.5, 0.6) is 0 Å². The SMILES string of the molecule is CN=C(N)Nc1ncccn1. The van der Waals surface area contributed by atoms with Gasteiger partial charge in [-0.3, -0.25) is 10.3 Å². The smallest absolute Gasteiger partial charge is 0.229 e. The van der Waals surface area contributed by atoms with Gasteiger partial charge < -0.3 is 5.73 Å². The quantitative estimate of drug-likeness (QED) is 0.431. The molecular formula is C6H9N5. The molecule has 11 heavy (non-hydrogen) atoms. The molecule has 0 aromatic carbocycles. The van der Waals surface area contributed by atoms with E-state index in [4.69, 9.17) is 5.73 Å². The Morgan fingerprint density at radius 2 is 2.18 bits per heavy atom. The zero-order chi connectivity index (χ0) is 8.10.